The maximum Gasteiger partial charge on any atom is 0.373 e. The Kier molecular flexibility index (Phi) is 4.88. The van der Waals surface area contributed by atoms with Gasteiger partial charge in [0.15, 0.2) is 0 Å². The van der Waals surface area contributed by atoms with Crippen LogP contribution in [0.25, 0.3) is 5.69 Å². The molecule has 0 fully saturated rings. The van der Waals surface area contributed by atoms with Crippen LogP contribution in [0.15, 0.2) is 46.9 Å². The molecule has 0 amide bonds. The molecule has 134 valence electrons. The summed E-state index contributed by atoms with van der Waals surface area (Å²) in [5, 5.41) is 4.43. The van der Waals surface area contributed by atoms with Crippen LogP contribution in [0.3, 0.4) is 0 Å². The largest absolute Gasteiger partial charge is 0.463 e. The lowest BCUT2D eigenvalue weighted by molar-refractivity contribution is 0.0437. The Balaban J connectivity index is 1.75. The summed E-state index contributed by atoms with van der Waals surface area (Å²) < 4.78 is 16.9. The second-order valence-electron chi connectivity index (χ2n) is 5.63. The molecule has 0 aliphatic rings. The van der Waals surface area contributed by atoms with Gasteiger partial charge in [0.05, 0.1) is 24.2 Å². The summed E-state index contributed by atoms with van der Waals surface area (Å²) in [4.78, 5) is 23.9. The van der Waals surface area contributed by atoms with E-state index in [0.717, 1.165) is 5.69 Å². The molecule has 0 aliphatic carbocycles. The lowest BCUT2D eigenvalue weighted by atomic mass is 10.2. The molecule has 0 atom stereocenters. The molecule has 26 heavy (non-hydrogen) atoms. The van der Waals surface area contributed by atoms with Gasteiger partial charge in [-0.25, -0.2) is 14.3 Å². The second-order valence-corrected chi connectivity index (χ2v) is 5.63. The molecule has 7 heteroatoms. The van der Waals surface area contributed by atoms with Crippen LogP contribution in [0.4, 0.5) is 0 Å². The summed E-state index contributed by atoms with van der Waals surface area (Å²) >= 11 is 0. The van der Waals surface area contributed by atoms with Crippen LogP contribution in [0.2, 0.25) is 0 Å². The van der Waals surface area contributed by atoms with Gasteiger partial charge in [-0.15, -0.1) is 0 Å². The molecule has 0 bridgehead atoms. The highest BCUT2D eigenvalue weighted by Crippen LogP contribution is 2.19. The van der Waals surface area contributed by atoms with Crippen molar-refractivity contribution in [1.82, 2.24) is 9.78 Å². The summed E-state index contributed by atoms with van der Waals surface area (Å²) in [5.74, 6) is -0.677. The number of furan rings is 1. The zero-order chi connectivity index (χ0) is 18.7. The third-order valence-corrected chi connectivity index (χ3v) is 3.89. The zero-order valence-corrected chi connectivity index (χ0v) is 14.7. The molecule has 0 saturated heterocycles. The average Bonchev–Trinajstić information content (AvgIpc) is 3.24. The van der Waals surface area contributed by atoms with E-state index in [4.69, 9.17) is 9.15 Å². The number of methoxy groups -OCH3 is 1. The van der Waals surface area contributed by atoms with Crippen LogP contribution in [-0.2, 0) is 16.1 Å². The number of hydrogen-bond acceptors (Lipinski definition) is 6. The van der Waals surface area contributed by atoms with Crippen molar-refractivity contribution >= 4 is 11.9 Å². The summed E-state index contributed by atoms with van der Waals surface area (Å²) in [7, 11) is 1.26. The summed E-state index contributed by atoms with van der Waals surface area (Å²) in [6.07, 6.45) is 0. The van der Waals surface area contributed by atoms with Crippen molar-refractivity contribution in [2.45, 2.75) is 20.5 Å². The second kappa shape index (κ2) is 7.26. The topological polar surface area (TPSA) is 83.6 Å². The van der Waals surface area contributed by atoms with Gasteiger partial charge in [-0.1, -0.05) is 18.2 Å². The summed E-state index contributed by atoms with van der Waals surface area (Å²) in [5.41, 5.74) is 2.54. The maximum absolute atomic E-state index is 12.5. The van der Waals surface area contributed by atoms with Gasteiger partial charge in [-0.3, -0.25) is 0 Å². The van der Waals surface area contributed by atoms with Crippen LogP contribution in [0.1, 0.15) is 38.1 Å². The lowest BCUT2D eigenvalue weighted by Gasteiger charge is -2.05. The van der Waals surface area contributed by atoms with E-state index in [1.165, 1.54) is 13.2 Å². The first-order chi connectivity index (χ1) is 12.5. The van der Waals surface area contributed by atoms with E-state index in [2.05, 4.69) is 9.84 Å². The highest BCUT2D eigenvalue weighted by Gasteiger charge is 2.21. The van der Waals surface area contributed by atoms with Crippen LogP contribution in [0.5, 0.6) is 0 Å². The van der Waals surface area contributed by atoms with E-state index >= 15 is 0 Å². The van der Waals surface area contributed by atoms with E-state index in [9.17, 15) is 9.59 Å². The number of aromatic nitrogens is 2. The lowest BCUT2D eigenvalue weighted by Crippen LogP contribution is -2.08. The first kappa shape index (κ1) is 17.5. The molecule has 2 aromatic heterocycles. The maximum atomic E-state index is 12.5. The Morgan fingerprint density at radius 2 is 1.81 bits per heavy atom. The number of carbonyl (C=O) groups is 2. The van der Waals surface area contributed by atoms with Crippen molar-refractivity contribution < 1.29 is 23.5 Å². The number of benzene rings is 1. The van der Waals surface area contributed by atoms with Gasteiger partial charge in [0.2, 0.25) is 5.76 Å². The number of esters is 2. The first-order valence-corrected chi connectivity index (χ1v) is 7.97. The van der Waals surface area contributed by atoms with E-state index in [1.807, 2.05) is 37.3 Å². The smallest absolute Gasteiger partial charge is 0.373 e. The Morgan fingerprint density at radius 1 is 1.08 bits per heavy atom. The van der Waals surface area contributed by atoms with Crippen molar-refractivity contribution in [2.75, 3.05) is 7.11 Å². The molecule has 2 heterocycles. The predicted octanol–water partition coefficient (Wildman–Crippen LogP) is 3.23. The van der Waals surface area contributed by atoms with Crippen LogP contribution in [-0.4, -0.2) is 28.8 Å². The normalized spacial score (nSPS) is 10.6. The molecule has 0 radical (unpaired) electrons. The van der Waals surface area contributed by atoms with Gasteiger partial charge in [-0.2, -0.15) is 5.10 Å². The molecule has 1 aromatic carbocycles. The Hall–Kier alpha value is -3.35. The first-order valence-electron chi connectivity index (χ1n) is 7.97. The third kappa shape index (κ3) is 3.37. The van der Waals surface area contributed by atoms with Crippen molar-refractivity contribution in [3.63, 3.8) is 0 Å². The van der Waals surface area contributed by atoms with E-state index in [1.54, 1.807) is 17.7 Å². The van der Waals surface area contributed by atoms with Crippen LogP contribution >= 0.6 is 0 Å². The Bertz CT molecular complexity index is 940. The van der Waals surface area contributed by atoms with Gasteiger partial charge >= 0.3 is 11.9 Å². The van der Waals surface area contributed by atoms with Gasteiger partial charge in [0.1, 0.15) is 17.9 Å². The van der Waals surface area contributed by atoms with E-state index in [0.29, 0.717) is 22.7 Å². The van der Waals surface area contributed by atoms with Crippen LogP contribution in [0, 0.1) is 13.8 Å². The fourth-order valence-corrected chi connectivity index (χ4v) is 2.63. The fourth-order valence-electron chi connectivity index (χ4n) is 2.63. The number of para-hydroxylation sites is 1. The molecule has 0 saturated carbocycles. The number of rotatable bonds is 5. The molecule has 3 rings (SSSR count). The Labute approximate surface area is 150 Å². The van der Waals surface area contributed by atoms with Gasteiger partial charge in [-0.05, 0) is 38.1 Å². The van der Waals surface area contributed by atoms with E-state index in [-0.39, 0.29) is 12.4 Å². The van der Waals surface area contributed by atoms with Crippen molar-refractivity contribution in [3.8, 4) is 5.69 Å². The molecule has 0 spiro atoms. The molecular formula is C19H18N2O5. The zero-order valence-electron chi connectivity index (χ0n) is 14.7. The van der Waals surface area contributed by atoms with Crippen molar-refractivity contribution in [3.05, 3.63) is 70.9 Å². The SMILES string of the molecule is COC(=O)c1ccc(COC(=O)c2c(C)nn(-c3ccccc3)c2C)o1. The highest BCUT2D eigenvalue weighted by atomic mass is 16.6. The van der Waals surface area contributed by atoms with Crippen molar-refractivity contribution in [2.24, 2.45) is 0 Å². The number of carbonyl (C=O) groups excluding carboxylic acids is 2. The van der Waals surface area contributed by atoms with Crippen LogP contribution < -0.4 is 0 Å². The Morgan fingerprint density at radius 3 is 2.50 bits per heavy atom. The van der Waals surface area contributed by atoms with Gasteiger partial charge < -0.3 is 13.9 Å². The minimum Gasteiger partial charge on any atom is -0.463 e. The predicted molar refractivity (Wildman–Crippen MR) is 92.2 cm³/mol. The number of aryl methyl sites for hydroxylation is 1. The minimum absolute atomic E-state index is 0.0582. The van der Waals surface area contributed by atoms with Gasteiger partial charge in [0.25, 0.3) is 0 Å². The molecule has 7 nitrogen and oxygen atoms in total. The number of nitrogens with zero attached hydrogens (tertiary/aromatic N) is 2. The minimum atomic E-state index is -0.585. The highest BCUT2D eigenvalue weighted by molar-refractivity contribution is 5.92. The molecule has 0 aliphatic heterocycles. The fraction of sp³-hybridized carbons (Fsp3) is 0.211. The molecule has 0 unspecified atom stereocenters. The average molecular weight is 354 g/mol. The van der Waals surface area contributed by atoms with E-state index < -0.39 is 11.9 Å². The molecular weight excluding hydrogens is 336 g/mol. The van der Waals surface area contributed by atoms with Gasteiger partial charge in [0, 0.05) is 0 Å². The summed E-state index contributed by atoms with van der Waals surface area (Å²) in [6, 6.07) is 12.6. The number of hydrogen-bond donors (Lipinski definition) is 0. The molecule has 0 N–H and O–H groups in total. The van der Waals surface area contributed by atoms with Crippen molar-refractivity contribution in [1.29, 1.82) is 0 Å². The quantitative estimate of drug-likeness (QED) is 0.654. The monoisotopic (exact) mass is 354 g/mol. The third-order valence-electron chi connectivity index (χ3n) is 3.89. The number of ether oxygens (including phenoxy) is 2. The molecule has 3 aromatic rings. The summed E-state index contributed by atoms with van der Waals surface area (Å²) in [6.45, 7) is 3.47. The standard InChI is InChI=1S/C19H18N2O5/c1-12-17(13(2)21(20-12)14-7-5-4-6-8-14)19(23)25-11-15-9-10-16(26-15)18(22)24-3/h4-10H,11H2,1-3H3.